The molecular formula is C23H22N2O6S. The third kappa shape index (κ3) is 6.08. The number of methoxy groups -OCH3 is 1. The first-order chi connectivity index (χ1) is 15.3. The van der Waals surface area contributed by atoms with Crippen molar-refractivity contribution in [3.05, 3.63) is 84.4 Å². The number of benzene rings is 3. The van der Waals surface area contributed by atoms with Crippen molar-refractivity contribution < 1.29 is 27.5 Å². The molecule has 0 saturated carbocycles. The van der Waals surface area contributed by atoms with Crippen molar-refractivity contribution >= 4 is 33.3 Å². The zero-order valence-electron chi connectivity index (χ0n) is 17.5. The van der Waals surface area contributed by atoms with Crippen LogP contribution in [0.4, 0.5) is 11.4 Å². The molecule has 8 nitrogen and oxygen atoms in total. The number of para-hydroxylation sites is 1. The minimum atomic E-state index is -3.75. The van der Waals surface area contributed by atoms with Crippen LogP contribution in [0.25, 0.3) is 0 Å². The van der Waals surface area contributed by atoms with Crippen molar-refractivity contribution in [3.63, 3.8) is 0 Å². The van der Waals surface area contributed by atoms with Crippen molar-refractivity contribution in [3.8, 4) is 11.5 Å². The maximum absolute atomic E-state index is 12.5. The van der Waals surface area contributed by atoms with Crippen LogP contribution in [0, 0.1) is 0 Å². The van der Waals surface area contributed by atoms with Gasteiger partial charge in [0.25, 0.3) is 0 Å². The molecule has 0 aromatic heterocycles. The number of carbonyl (C=O) groups is 2. The molecule has 3 aromatic rings. The van der Waals surface area contributed by atoms with Crippen LogP contribution in [0.1, 0.15) is 10.4 Å². The molecule has 32 heavy (non-hydrogen) atoms. The quantitative estimate of drug-likeness (QED) is 0.521. The van der Waals surface area contributed by atoms with Gasteiger partial charge in [0.15, 0.2) is 0 Å². The fourth-order valence-corrected chi connectivity index (χ4v) is 3.73. The standard InChI is InChI=1S/C23H22N2O6S/c1-30-23(27)17-7-6-8-18(15-17)24-22(26)16-25(32(2,28)29)19-11-13-21(14-12-19)31-20-9-4-3-5-10-20/h3-15H,16H2,1-2H3,(H,24,26). The van der Waals surface area contributed by atoms with Gasteiger partial charge in [0.1, 0.15) is 18.0 Å². The molecule has 0 aliphatic carbocycles. The number of ether oxygens (including phenoxy) is 2. The monoisotopic (exact) mass is 454 g/mol. The van der Waals surface area contributed by atoms with E-state index in [1.165, 1.54) is 13.2 Å². The number of nitrogens with one attached hydrogen (secondary N) is 1. The first-order valence-electron chi connectivity index (χ1n) is 9.55. The molecule has 3 aromatic carbocycles. The molecule has 0 unspecified atom stereocenters. The van der Waals surface area contributed by atoms with Crippen LogP contribution in [0.15, 0.2) is 78.9 Å². The second-order valence-corrected chi connectivity index (χ2v) is 8.71. The van der Waals surface area contributed by atoms with Gasteiger partial charge in [-0.25, -0.2) is 13.2 Å². The second-order valence-electron chi connectivity index (χ2n) is 6.80. The smallest absolute Gasteiger partial charge is 0.337 e. The van der Waals surface area contributed by atoms with Crippen molar-refractivity contribution in [2.75, 3.05) is 29.5 Å². The lowest BCUT2D eigenvalue weighted by Crippen LogP contribution is -2.37. The minimum absolute atomic E-state index is 0.263. The number of amides is 1. The summed E-state index contributed by atoms with van der Waals surface area (Å²) in [5.41, 5.74) is 0.920. The average molecular weight is 455 g/mol. The summed E-state index contributed by atoms with van der Waals surface area (Å²) in [7, 11) is -2.49. The SMILES string of the molecule is COC(=O)c1cccc(NC(=O)CN(c2ccc(Oc3ccccc3)cc2)S(C)(=O)=O)c1. The van der Waals surface area contributed by atoms with Gasteiger partial charge in [-0.05, 0) is 54.6 Å². The highest BCUT2D eigenvalue weighted by Crippen LogP contribution is 2.25. The Balaban J connectivity index is 1.73. The van der Waals surface area contributed by atoms with E-state index in [1.807, 2.05) is 18.2 Å². The Labute approximate surface area is 186 Å². The molecule has 9 heteroatoms. The largest absolute Gasteiger partial charge is 0.465 e. The summed E-state index contributed by atoms with van der Waals surface area (Å²) in [6.45, 7) is -0.444. The summed E-state index contributed by atoms with van der Waals surface area (Å²) >= 11 is 0. The van der Waals surface area contributed by atoms with Crippen molar-refractivity contribution in [1.29, 1.82) is 0 Å². The number of hydrogen-bond acceptors (Lipinski definition) is 6. The maximum atomic E-state index is 12.5. The van der Waals surface area contributed by atoms with Crippen LogP contribution < -0.4 is 14.4 Å². The Bertz CT molecular complexity index is 1190. The highest BCUT2D eigenvalue weighted by atomic mass is 32.2. The van der Waals surface area contributed by atoms with Crippen LogP contribution in [0.2, 0.25) is 0 Å². The van der Waals surface area contributed by atoms with E-state index in [0.717, 1.165) is 10.6 Å². The van der Waals surface area contributed by atoms with E-state index >= 15 is 0 Å². The fraction of sp³-hybridized carbons (Fsp3) is 0.130. The first-order valence-corrected chi connectivity index (χ1v) is 11.4. The molecule has 0 heterocycles. The van der Waals surface area contributed by atoms with Gasteiger partial charge >= 0.3 is 5.97 Å². The van der Waals surface area contributed by atoms with E-state index in [9.17, 15) is 18.0 Å². The third-order valence-electron chi connectivity index (χ3n) is 4.36. The van der Waals surface area contributed by atoms with Gasteiger partial charge in [-0.3, -0.25) is 9.10 Å². The third-order valence-corrected chi connectivity index (χ3v) is 5.50. The molecule has 0 saturated heterocycles. The van der Waals surface area contributed by atoms with Crippen molar-refractivity contribution in [2.24, 2.45) is 0 Å². The van der Waals surface area contributed by atoms with E-state index in [2.05, 4.69) is 10.1 Å². The molecular weight excluding hydrogens is 432 g/mol. The lowest BCUT2D eigenvalue weighted by atomic mass is 10.2. The molecule has 0 radical (unpaired) electrons. The summed E-state index contributed by atoms with van der Waals surface area (Å²) in [4.78, 5) is 24.2. The van der Waals surface area contributed by atoms with Crippen LogP contribution in [0.5, 0.6) is 11.5 Å². The molecule has 0 aliphatic rings. The van der Waals surface area contributed by atoms with E-state index in [-0.39, 0.29) is 5.56 Å². The molecule has 166 valence electrons. The number of sulfonamides is 1. The molecule has 0 spiro atoms. The van der Waals surface area contributed by atoms with E-state index in [1.54, 1.807) is 54.6 Å². The summed E-state index contributed by atoms with van der Waals surface area (Å²) < 4.78 is 36.0. The molecule has 1 amide bonds. The molecule has 1 N–H and O–H groups in total. The highest BCUT2D eigenvalue weighted by molar-refractivity contribution is 7.92. The van der Waals surface area contributed by atoms with Gasteiger partial charge in [0.2, 0.25) is 15.9 Å². The number of rotatable bonds is 8. The van der Waals surface area contributed by atoms with Crippen molar-refractivity contribution in [2.45, 2.75) is 0 Å². The fourth-order valence-electron chi connectivity index (χ4n) is 2.88. The van der Waals surface area contributed by atoms with E-state index in [0.29, 0.717) is 22.9 Å². The Morgan fingerprint density at radius 2 is 1.56 bits per heavy atom. The van der Waals surface area contributed by atoms with Gasteiger partial charge in [-0.15, -0.1) is 0 Å². The van der Waals surface area contributed by atoms with Gasteiger partial charge in [0.05, 0.1) is 24.6 Å². The lowest BCUT2D eigenvalue weighted by Gasteiger charge is -2.22. The topological polar surface area (TPSA) is 102 Å². The molecule has 0 fully saturated rings. The molecule has 0 atom stereocenters. The maximum Gasteiger partial charge on any atom is 0.337 e. The Morgan fingerprint density at radius 1 is 0.906 bits per heavy atom. The van der Waals surface area contributed by atoms with Crippen LogP contribution >= 0.6 is 0 Å². The van der Waals surface area contributed by atoms with Gasteiger partial charge in [-0.2, -0.15) is 0 Å². The van der Waals surface area contributed by atoms with Gasteiger partial charge in [-0.1, -0.05) is 24.3 Å². The average Bonchev–Trinajstić information content (AvgIpc) is 2.78. The summed E-state index contributed by atoms with van der Waals surface area (Å²) in [5.74, 6) is 0.0602. The summed E-state index contributed by atoms with van der Waals surface area (Å²) in [6, 6.07) is 21.7. The zero-order chi connectivity index (χ0) is 23.1. The summed E-state index contributed by atoms with van der Waals surface area (Å²) in [6.07, 6.45) is 1.02. The summed E-state index contributed by atoms with van der Waals surface area (Å²) in [5, 5.41) is 2.60. The van der Waals surface area contributed by atoms with Crippen molar-refractivity contribution in [1.82, 2.24) is 0 Å². The minimum Gasteiger partial charge on any atom is -0.465 e. The predicted molar refractivity (Wildman–Crippen MR) is 122 cm³/mol. The number of esters is 1. The number of nitrogens with zero attached hydrogens (tertiary/aromatic N) is 1. The second kappa shape index (κ2) is 9.97. The van der Waals surface area contributed by atoms with Crippen LogP contribution in [-0.2, 0) is 19.6 Å². The lowest BCUT2D eigenvalue weighted by molar-refractivity contribution is -0.114. The van der Waals surface area contributed by atoms with Gasteiger partial charge in [0, 0.05) is 5.69 Å². The van der Waals surface area contributed by atoms with Gasteiger partial charge < -0.3 is 14.8 Å². The van der Waals surface area contributed by atoms with E-state index in [4.69, 9.17) is 4.74 Å². The predicted octanol–water partition coefficient (Wildman–Crippen LogP) is 3.67. The van der Waals surface area contributed by atoms with Crippen LogP contribution in [-0.4, -0.2) is 40.2 Å². The van der Waals surface area contributed by atoms with E-state index < -0.39 is 28.4 Å². The molecule has 0 aliphatic heterocycles. The number of anilines is 2. The number of carbonyl (C=O) groups excluding carboxylic acids is 2. The highest BCUT2D eigenvalue weighted by Gasteiger charge is 2.21. The molecule has 0 bridgehead atoms. The first kappa shape index (κ1) is 22.8. The Morgan fingerprint density at radius 3 is 2.19 bits per heavy atom. The molecule has 3 rings (SSSR count). The normalized spacial score (nSPS) is 10.8. The zero-order valence-corrected chi connectivity index (χ0v) is 18.3. The Hall–Kier alpha value is -3.85. The van der Waals surface area contributed by atoms with Crippen LogP contribution in [0.3, 0.4) is 0 Å². The Kier molecular flexibility index (Phi) is 7.11. The number of hydrogen-bond donors (Lipinski definition) is 1.